The van der Waals surface area contributed by atoms with E-state index in [0.29, 0.717) is 24.0 Å². The second-order valence-corrected chi connectivity index (χ2v) is 7.61. The summed E-state index contributed by atoms with van der Waals surface area (Å²) in [7, 11) is 1.68. The summed E-state index contributed by atoms with van der Waals surface area (Å²) in [6.45, 7) is 1.47. The maximum Gasteiger partial charge on any atom is 0.186 e. The molecule has 1 aliphatic carbocycles. The van der Waals surface area contributed by atoms with Gasteiger partial charge < -0.3 is 9.47 Å². The molecule has 0 atom stereocenters. The molecule has 0 bridgehead atoms. The van der Waals surface area contributed by atoms with E-state index in [-0.39, 0.29) is 5.78 Å². The summed E-state index contributed by atoms with van der Waals surface area (Å²) in [6, 6.07) is 16.0. The SMILES string of the molecule is COc1ccc(COC[C@H]2CC[C@H](c3ccc(C(=O)C=CCl)cc3)CC2)cc1. The zero-order chi connectivity index (χ0) is 19.8. The first-order valence-electron chi connectivity index (χ1n) is 9.81. The highest BCUT2D eigenvalue weighted by Crippen LogP contribution is 2.36. The molecule has 3 rings (SSSR count). The average molecular weight is 399 g/mol. The van der Waals surface area contributed by atoms with E-state index in [2.05, 4.69) is 12.1 Å². The van der Waals surface area contributed by atoms with Crippen LogP contribution < -0.4 is 4.74 Å². The number of rotatable bonds is 8. The third kappa shape index (κ3) is 5.70. The van der Waals surface area contributed by atoms with Crippen LogP contribution in [-0.4, -0.2) is 19.5 Å². The number of carbonyl (C=O) groups is 1. The van der Waals surface area contributed by atoms with Crippen molar-refractivity contribution in [2.45, 2.75) is 38.2 Å². The zero-order valence-electron chi connectivity index (χ0n) is 16.3. The third-order valence-corrected chi connectivity index (χ3v) is 5.64. The molecule has 0 radical (unpaired) electrons. The van der Waals surface area contributed by atoms with Crippen molar-refractivity contribution in [2.24, 2.45) is 5.92 Å². The molecule has 1 saturated carbocycles. The van der Waals surface area contributed by atoms with Gasteiger partial charge >= 0.3 is 0 Å². The maximum atomic E-state index is 11.8. The number of ketones is 1. The van der Waals surface area contributed by atoms with Crippen LogP contribution in [0.2, 0.25) is 0 Å². The van der Waals surface area contributed by atoms with Gasteiger partial charge in [0.2, 0.25) is 0 Å². The highest BCUT2D eigenvalue weighted by Gasteiger charge is 2.22. The Labute approximate surface area is 172 Å². The molecule has 0 heterocycles. The Balaban J connectivity index is 1.42. The molecule has 28 heavy (non-hydrogen) atoms. The topological polar surface area (TPSA) is 35.5 Å². The summed E-state index contributed by atoms with van der Waals surface area (Å²) in [4.78, 5) is 11.8. The highest BCUT2D eigenvalue weighted by atomic mass is 35.5. The number of benzene rings is 2. The van der Waals surface area contributed by atoms with Crippen LogP contribution in [0.5, 0.6) is 5.75 Å². The molecule has 2 aromatic carbocycles. The van der Waals surface area contributed by atoms with Crippen molar-refractivity contribution in [1.82, 2.24) is 0 Å². The van der Waals surface area contributed by atoms with Gasteiger partial charge in [-0.25, -0.2) is 0 Å². The Morgan fingerprint density at radius 3 is 2.32 bits per heavy atom. The molecular formula is C24H27ClO3. The largest absolute Gasteiger partial charge is 0.497 e. The summed E-state index contributed by atoms with van der Waals surface area (Å²) in [5.74, 6) is 2.02. The van der Waals surface area contributed by atoms with E-state index in [9.17, 15) is 4.79 Å². The second kappa shape index (κ2) is 10.4. The van der Waals surface area contributed by atoms with Crippen LogP contribution in [-0.2, 0) is 11.3 Å². The predicted molar refractivity (Wildman–Crippen MR) is 113 cm³/mol. The molecule has 0 aromatic heterocycles. The van der Waals surface area contributed by atoms with E-state index < -0.39 is 0 Å². The summed E-state index contributed by atoms with van der Waals surface area (Å²) >= 11 is 5.48. The Kier molecular flexibility index (Phi) is 7.70. The minimum Gasteiger partial charge on any atom is -0.497 e. The van der Waals surface area contributed by atoms with Crippen LogP contribution in [0.3, 0.4) is 0 Å². The predicted octanol–water partition coefficient (Wildman–Crippen LogP) is 6.12. The molecule has 0 spiro atoms. The van der Waals surface area contributed by atoms with Gasteiger partial charge in [0.25, 0.3) is 0 Å². The van der Waals surface area contributed by atoms with E-state index in [4.69, 9.17) is 21.1 Å². The first kappa shape index (κ1) is 20.6. The van der Waals surface area contributed by atoms with Gasteiger partial charge in [0, 0.05) is 17.7 Å². The van der Waals surface area contributed by atoms with E-state index in [1.165, 1.54) is 48.4 Å². The van der Waals surface area contributed by atoms with Crippen LogP contribution in [0.1, 0.15) is 53.1 Å². The number of carbonyl (C=O) groups excluding carboxylic acids is 1. The Morgan fingerprint density at radius 1 is 1.04 bits per heavy atom. The highest BCUT2D eigenvalue weighted by molar-refractivity contribution is 6.27. The zero-order valence-corrected chi connectivity index (χ0v) is 17.0. The van der Waals surface area contributed by atoms with Crippen molar-refractivity contribution in [2.75, 3.05) is 13.7 Å². The van der Waals surface area contributed by atoms with Gasteiger partial charge in [-0.1, -0.05) is 48.0 Å². The van der Waals surface area contributed by atoms with E-state index >= 15 is 0 Å². The summed E-state index contributed by atoms with van der Waals surface area (Å²) < 4.78 is 11.1. The Hall–Kier alpha value is -2.10. The molecule has 1 aliphatic rings. The molecule has 148 valence electrons. The minimum absolute atomic E-state index is 0.0562. The number of halogens is 1. The van der Waals surface area contributed by atoms with Gasteiger partial charge in [-0.3, -0.25) is 4.79 Å². The van der Waals surface area contributed by atoms with Crippen molar-refractivity contribution in [3.63, 3.8) is 0 Å². The Morgan fingerprint density at radius 2 is 1.71 bits per heavy atom. The minimum atomic E-state index is -0.0562. The second-order valence-electron chi connectivity index (χ2n) is 7.36. The van der Waals surface area contributed by atoms with Gasteiger partial charge in [0.15, 0.2) is 5.78 Å². The number of hydrogen-bond donors (Lipinski definition) is 0. The van der Waals surface area contributed by atoms with Crippen molar-refractivity contribution >= 4 is 17.4 Å². The number of methoxy groups -OCH3 is 1. The summed E-state index contributed by atoms with van der Waals surface area (Å²) in [5, 5.41) is 0. The van der Waals surface area contributed by atoms with E-state index in [1.807, 2.05) is 36.4 Å². The van der Waals surface area contributed by atoms with Crippen molar-refractivity contribution in [1.29, 1.82) is 0 Å². The summed E-state index contributed by atoms with van der Waals surface area (Å²) in [6.07, 6.45) is 6.09. The van der Waals surface area contributed by atoms with Crippen LogP contribution in [0.15, 0.2) is 60.1 Å². The molecule has 4 heteroatoms. The molecule has 0 amide bonds. The van der Waals surface area contributed by atoms with Crippen LogP contribution in [0, 0.1) is 5.92 Å². The van der Waals surface area contributed by atoms with Gasteiger partial charge in [0.1, 0.15) is 5.75 Å². The fraction of sp³-hybridized carbons (Fsp3) is 0.375. The smallest absolute Gasteiger partial charge is 0.186 e. The fourth-order valence-electron chi connectivity index (χ4n) is 3.80. The van der Waals surface area contributed by atoms with E-state index in [0.717, 1.165) is 12.4 Å². The molecule has 0 saturated heterocycles. The first-order chi connectivity index (χ1) is 13.7. The van der Waals surface area contributed by atoms with Crippen LogP contribution in [0.25, 0.3) is 0 Å². The van der Waals surface area contributed by atoms with E-state index in [1.54, 1.807) is 7.11 Å². The van der Waals surface area contributed by atoms with Crippen LogP contribution in [0.4, 0.5) is 0 Å². The van der Waals surface area contributed by atoms with Crippen LogP contribution >= 0.6 is 11.6 Å². The molecule has 2 aromatic rings. The fourth-order valence-corrected chi connectivity index (χ4v) is 3.92. The Bertz CT molecular complexity index is 773. The number of ether oxygens (including phenoxy) is 2. The first-order valence-corrected chi connectivity index (χ1v) is 10.2. The van der Waals surface area contributed by atoms with Crippen molar-refractivity contribution in [3.8, 4) is 5.75 Å². The van der Waals surface area contributed by atoms with Gasteiger partial charge in [-0.2, -0.15) is 0 Å². The number of hydrogen-bond acceptors (Lipinski definition) is 3. The number of allylic oxidation sites excluding steroid dienone is 1. The van der Waals surface area contributed by atoms with Gasteiger partial charge in [-0.15, -0.1) is 0 Å². The normalized spacial score (nSPS) is 19.6. The maximum absolute atomic E-state index is 11.8. The van der Waals surface area contributed by atoms with Gasteiger partial charge in [-0.05, 0) is 66.9 Å². The molecule has 1 fully saturated rings. The van der Waals surface area contributed by atoms with Crippen molar-refractivity contribution < 1.29 is 14.3 Å². The third-order valence-electron chi connectivity index (χ3n) is 5.51. The lowest BCUT2D eigenvalue weighted by molar-refractivity contribution is 0.0715. The molecule has 0 unspecified atom stereocenters. The molecule has 0 aliphatic heterocycles. The van der Waals surface area contributed by atoms with Gasteiger partial charge in [0.05, 0.1) is 13.7 Å². The molecular weight excluding hydrogens is 372 g/mol. The quantitative estimate of drug-likeness (QED) is 0.397. The lowest BCUT2D eigenvalue weighted by Crippen LogP contribution is -2.18. The standard InChI is InChI=1S/C24H27ClO3/c1-27-23-12-4-19(5-13-23)17-28-16-18-2-6-20(7-3-18)21-8-10-22(11-9-21)24(26)14-15-25/h4-5,8-15,18,20H,2-3,6-7,16-17H2,1H3/t18-,20-. The molecule has 3 nitrogen and oxygen atoms in total. The van der Waals surface area contributed by atoms with Crippen molar-refractivity contribution in [3.05, 3.63) is 76.8 Å². The average Bonchev–Trinajstić information content (AvgIpc) is 2.75. The monoisotopic (exact) mass is 398 g/mol. The molecule has 0 N–H and O–H groups in total. The lowest BCUT2D eigenvalue weighted by atomic mass is 9.79. The lowest BCUT2D eigenvalue weighted by Gasteiger charge is -2.28. The summed E-state index contributed by atoms with van der Waals surface area (Å²) in [5.41, 5.74) is 4.44.